The van der Waals surface area contributed by atoms with Crippen molar-refractivity contribution >= 4 is 38.7 Å². The van der Waals surface area contributed by atoms with Gasteiger partial charge < -0.3 is 25.6 Å². The van der Waals surface area contributed by atoms with Crippen molar-refractivity contribution in [3.05, 3.63) is 40.1 Å². The summed E-state index contributed by atoms with van der Waals surface area (Å²) in [5.74, 6) is -0.106. The van der Waals surface area contributed by atoms with Gasteiger partial charge in [-0.25, -0.2) is 9.97 Å². The second-order valence-electron chi connectivity index (χ2n) is 10.3. The van der Waals surface area contributed by atoms with Crippen molar-refractivity contribution in [1.82, 2.24) is 25.2 Å². The Bertz CT molecular complexity index is 1300. The molecule has 1 aliphatic rings. The molecule has 2 aromatic heterocycles. The average Bonchev–Trinajstić information content (AvgIpc) is 3.29. The summed E-state index contributed by atoms with van der Waals surface area (Å²) >= 11 is 3.47. The number of rotatable bonds is 8. The topological polar surface area (TPSA) is 106 Å². The van der Waals surface area contributed by atoms with Crippen molar-refractivity contribution in [2.24, 2.45) is 0 Å². The van der Waals surface area contributed by atoms with Crippen molar-refractivity contribution < 1.29 is 23.1 Å². The van der Waals surface area contributed by atoms with E-state index in [0.29, 0.717) is 46.9 Å². The molecule has 1 amide bonds. The minimum absolute atomic E-state index is 0.00679. The largest absolute Gasteiger partial charge is 0.419 e. The second kappa shape index (κ2) is 11.2. The van der Waals surface area contributed by atoms with Crippen molar-refractivity contribution in [2.45, 2.75) is 57.3 Å². The van der Waals surface area contributed by atoms with Crippen LogP contribution in [0.3, 0.4) is 0 Å². The van der Waals surface area contributed by atoms with Gasteiger partial charge in [0.25, 0.3) is 5.91 Å². The lowest BCUT2D eigenvalue weighted by Crippen LogP contribution is -2.50. The van der Waals surface area contributed by atoms with E-state index in [9.17, 15) is 18.0 Å². The molecule has 0 radical (unpaired) electrons. The summed E-state index contributed by atoms with van der Waals surface area (Å²) in [5, 5.41) is 16.1. The number of anilines is 1. The molecule has 4 N–H and O–H groups in total. The molecule has 1 atom stereocenters. The van der Waals surface area contributed by atoms with Crippen LogP contribution in [-0.2, 0) is 6.18 Å². The molecule has 1 saturated heterocycles. The Morgan fingerprint density at radius 1 is 1.32 bits per heavy atom. The highest BCUT2D eigenvalue weighted by atomic mass is 79.9. The third-order valence-corrected chi connectivity index (χ3v) is 7.72. The van der Waals surface area contributed by atoms with Crippen LogP contribution in [0, 0.1) is 0 Å². The first-order valence-electron chi connectivity index (χ1n) is 12.5. The van der Waals surface area contributed by atoms with Gasteiger partial charge >= 0.3 is 6.18 Å². The zero-order valence-electron chi connectivity index (χ0n) is 21.5. The summed E-state index contributed by atoms with van der Waals surface area (Å²) in [6, 6.07) is 3.22. The molecule has 1 fully saturated rings. The molecule has 3 heterocycles. The molecule has 0 spiro atoms. The molecule has 0 aliphatic carbocycles. The van der Waals surface area contributed by atoms with Crippen molar-refractivity contribution in [3.8, 4) is 11.3 Å². The standard InChI is InChI=1S/C26H32BrF3N6O2/c1-25(2)9-8-15(12-33-25)34-24-32-14-19(26(28,29)30)21(35-24)18-13-31-22-16(18)6-7-17(20(22)27)23(38)36(3)10-4-5-11-37/h6-7,13-15,31,33,37H,4-5,8-12H2,1-3H3,(H,32,34,35)/t15-/m0/s1. The lowest BCUT2D eigenvalue weighted by molar-refractivity contribution is -0.137. The summed E-state index contributed by atoms with van der Waals surface area (Å²) < 4.78 is 42.4. The van der Waals surface area contributed by atoms with Crippen LogP contribution in [0.4, 0.5) is 19.1 Å². The second-order valence-corrected chi connectivity index (χ2v) is 11.1. The molecule has 8 nitrogen and oxygen atoms in total. The molecule has 3 aromatic rings. The number of halogens is 4. The van der Waals surface area contributed by atoms with E-state index in [-0.39, 0.29) is 41.3 Å². The van der Waals surface area contributed by atoms with Gasteiger partial charge in [-0.1, -0.05) is 6.07 Å². The van der Waals surface area contributed by atoms with Crippen molar-refractivity contribution in [3.63, 3.8) is 0 Å². The van der Waals surface area contributed by atoms with E-state index in [2.05, 4.69) is 55.4 Å². The molecular weight excluding hydrogens is 565 g/mol. The first-order chi connectivity index (χ1) is 17.9. The highest BCUT2D eigenvalue weighted by Crippen LogP contribution is 2.40. The van der Waals surface area contributed by atoms with Crippen LogP contribution in [0.25, 0.3) is 22.2 Å². The maximum absolute atomic E-state index is 14.0. The SMILES string of the molecule is CN(CCCCO)C(=O)c1ccc2c(-c3nc(N[C@H]4CCC(C)(C)NC4)ncc3C(F)(F)F)c[nH]c2c1Br. The summed E-state index contributed by atoms with van der Waals surface area (Å²) in [4.78, 5) is 25.8. The van der Waals surface area contributed by atoms with Gasteiger partial charge in [-0.3, -0.25) is 4.79 Å². The third-order valence-electron chi connectivity index (χ3n) is 6.90. The number of hydrogen-bond acceptors (Lipinski definition) is 6. The van der Waals surface area contributed by atoms with Crippen LogP contribution in [0.5, 0.6) is 0 Å². The molecule has 0 saturated carbocycles. The number of aromatic amines is 1. The Balaban J connectivity index is 1.68. The van der Waals surface area contributed by atoms with Crippen molar-refractivity contribution in [1.29, 1.82) is 0 Å². The molecule has 4 rings (SSSR count). The Kier molecular flexibility index (Phi) is 8.34. The Morgan fingerprint density at radius 3 is 2.74 bits per heavy atom. The highest BCUT2D eigenvalue weighted by molar-refractivity contribution is 9.10. The first kappa shape index (κ1) is 28.3. The number of aliphatic hydroxyl groups is 1. The molecule has 0 unspecified atom stereocenters. The van der Waals surface area contributed by atoms with E-state index < -0.39 is 11.7 Å². The molecular formula is C26H32BrF3N6O2. The molecule has 0 bridgehead atoms. The van der Waals surface area contributed by atoms with E-state index in [1.54, 1.807) is 24.1 Å². The van der Waals surface area contributed by atoms with Crippen LogP contribution in [0.2, 0.25) is 0 Å². The Labute approximate surface area is 227 Å². The lowest BCUT2D eigenvalue weighted by Gasteiger charge is -2.36. The normalized spacial score (nSPS) is 17.5. The smallest absolute Gasteiger partial charge is 0.396 e. The number of fused-ring (bicyclic) bond motifs is 1. The van der Waals surface area contributed by atoms with Gasteiger partial charge in [0.1, 0.15) is 5.56 Å². The number of aliphatic hydroxyl groups excluding tert-OH is 1. The maximum atomic E-state index is 14.0. The lowest BCUT2D eigenvalue weighted by atomic mass is 9.91. The van der Waals surface area contributed by atoms with Gasteiger partial charge in [0, 0.05) is 61.7 Å². The van der Waals surface area contributed by atoms with Crippen LogP contribution in [-0.4, -0.2) is 69.2 Å². The fraction of sp³-hybridized carbons (Fsp3) is 0.500. The number of carbonyl (C=O) groups is 1. The van der Waals surface area contributed by atoms with Gasteiger partial charge in [-0.15, -0.1) is 0 Å². The average molecular weight is 597 g/mol. The molecule has 1 aliphatic heterocycles. The van der Waals surface area contributed by atoms with Crippen LogP contribution >= 0.6 is 15.9 Å². The van der Waals surface area contributed by atoms with E-state index in [1.807, 2.05) is 0 Å². The minimum atomic E-state index is -4.65. The van der Waals surface area contributed by atoms with Gasteiger partial charge in [0.2, 0.25) is 5.95 Å². The summed E-state index contributed by atoms with van der Waals surface area (Å²) in [5.41, 5.74) is -0.0300. The van der Waals surface area contributed by atoms with Gasteiger partial charge in [0.05, 0.1) is 21.2 Å². The molecule has 38 heavy (non-hydrogen) atoms. The molecule has 1 aromatic carbocycles. The monoisotopic (exact) mass is 596 g/mol. The third kappa shape index (κ3) is 6.13. The Hall–Kier alpha value is -2.70. The number of benzene rings is 1. The van der Waals surface area contributed by atoms with Crippen LogP contribution in [0.15, 0.2) is 29.0 Å². The van der Waals surface area contributed by atoms with Gasteiger partial charge in [0.15, 0.2) is 0 Å². The number of aromatic nitrogens is 3. The number of alkyl halides is 3. The number of hydrogen-bond donors (Lipinski definition) is 4. The van der Waals surface area contributed by atoms with Crippen molar-refractivity contribution in [2.75, 3.05) is 32.1 Å². The summed E-state index contributed by atoms with van der Waals surface area (Å²) in [6.07, 6.45) is 0.628. The number of unbranched alkanes of at least 4 members (excludes halogenated alkanes) is 1. The van der Waals surface area contributed by atoms with E-state index in [0.717, 1.165) is 19.0 Å². The zero-order chi connectivity index (χ0) is 27.7. The van der Waals surface area contributed by atoms with E-state index >= 15 is 0 Å². The Morgan fingerprint density at radius 2 is 2.08 bits per heavy atom. The quantitative estimate of drug-likeness (QED) is 0.267. The number of piperidine rings is 1. The number of amides is 1. The maximum Gasteiger partial charge on any atom is 0.419 e. The number of nitrogens with one attached hydrogen (secondary N) is 3. The fourth-order valence-corrected chi connectivity index (χ4v) is 5.22. The van der Waals surface area contributed by atoms with Crippen LogP contribution < -0.4 is 10.6 Å². The van der Waals surface area contributed by atoms with E-state index in [1.165, 1.54) is 6.20 Å². The van der Waals surface area contributed by atoms with Gasteiger partial charge in [-0.05, 0) is 61.5 Å². The first-order valence-corrected chi connectivity index (χ1v) is 13.3. The number of nitrogens with zero attached hydrogens (tertiary/aromatic N) is 3. The number of H-pyrrole nitrogens is 1. The summed E-state index contributed by atoms with van der Waals surface area (Å²) in [6.45, 7) is 5.40. The molecule has 206 valence electrons. The van der Waals surface area contributed by atoms with Gasteiger partial charge in [-0.2, -0.15) is 13.2 Å². The predicted octanol–water partition coefficient (Wildman–Crippen LogP) is 5.19. The van der Waals surface area contributed by atoms with E-state index in [4.69, 9.17) is 5.11 Å². The minimum Gasteiger partial charge on any atom is -0.396 e. The van der Waals surface area contributed by atoms with Crippen LogP contribution in [0.1, 0.15) is 55.5 Å². The number of carbonyl (C=O) groups excluding carboxylic acids is 1. The highest BCUT2D eigenvalue weighted by Gasteiger charge is 2.36. The predicted molar refractivity (Wildman–Crippen MR) is 144 cm³/mol. The fourth-order valence-electron chi connectivity index (χ4n) is 4.59. The summed E-state index contributed by atoms with van der Waals surface area (Å²) in [7, 11) is 1.67. The zero-order valence-corrected chi connectivity index (χ0v) is 23.1. The molecule has 12 heteroatoms.